The summed E-state index contributed by atoms with van der Waals surface area (Å²) >= 11 is 3.32. The number of rotatable bonds is 9. The van der Waals surface area contributed by atoms with Gasteiger partial charge < -0.3 is 10.4 Å². The van der Waals surface area contributed by atoms with Crippen LogP contribution in [0.5, 0.6) is 0 Å². The van der Waals surface area contributed by atoms with Crippen molar-refractivity contribution in [3.8, 4) is 0 Å². The lowest BCUT2D eigenvalue weighted by Crippen LogP contribution is -2.40. The predicted octanol–water partition coefficient (Wildman–Crippen LogP) is 2.71. The number of hydrogen-bond acceptors (Lipinski definition) is 3. The maximum Gasteiger partial charge on any atom is 0.326 e. The Morgan fingerprint density at radius 2 is 1.82 bits per heavy atom. The fourth-order valence-electron chi connectivity index (χ4n) is 1.98. The number of Topliss-reactive ketones (excluding diaryl/α,β-unsaturated/α-hetero) is 1. The van der Waals surface area contributed by atoms with Crippen LogP contribution in [0.25, 0.3) is 0 Å². The van der Waals surface area contributed by atoms with E-state index in [9.17, 15) is 14.4 Å². The fraction of sp³-hybridized carbons (Fsp3) is 0.438. The second-order valence-corrected chi connectivity index (χ2v) is 6.00. The molecule has 0 bridgehead atoms. The first-order valence-electron chi connectivity index (χ1n) is 7.20. The molecule has 0 unspecified atom stereocenters. The Bertz CT molecular complexity index is 527. The Morgan fingerprint density at radius 1 is 1.18 bits per heavy atom. The molecule has 0 aliphatic heterocycles. The van der Waals surface area contributed by atoms with E-state index in [1.165, 1.54) is 0 Å². The van der Waals surface area contributed by atoms with Crippen molar-refractivity contribution in [3.63, 3.8) is 0 Å². The number of halogens is 1. The number of nitrogens with one attached hydrogen (secondary N) is 1. The average Bonchev–Trinajstić information content (AvgIpc) is 2.47. The quantitative estimate of drug-likeness (QED) is 0.700. The van der Waals surface area contributed by atoms with Gasteiger partial charge in [0.2, 0.25) is 5.91 Å². The van der Waals surface area contributed by atoms with Gasteiger partial charge in [0.15, 0.2) is 0 Å². The van der Waals surface area contributed by atoms with Crippen LogP contribution >= 0.6 is 15.9 Å². The molecule has 0 aliphatic carbocycles. The van der Waals surface area contributed by atoms with Gasteiger partial charge in [0.05, 0.1) is 0 Å². The molecule has 1 rings (SSSR count). The molecule has 1 aromatic rings. The maximum atomic E-state index is 11.8. The second kappa shape index (κ2) is 9.35. The lowest BCUT2D eigenvalue weighted by Gasteiger charge is -2.13. The van der Waals surface area contributed by atoms with E-state index >= 15 is 0 Å². The smallest absolute Gasteiger partial charge is 0.326 e. The highest BCUT2D eigenvalue weighted by Gasteiger charge is 2.19. The molecule has 5 nitrogen and oxygen atoms in total. The molecule has 0 fully saturated rings. The van der Waals surface area contributed by atoms with E-state index in [0.29, 0.717) is 12.8 Å². The molecule has 1 aromatic carbocycles. The van der Waals surface area contributed by atoms with Gasteiger partial charge in [0.25, 0.3) is 0 Å². The lowest BCUT2D eigenvalue weighted by atomic mass is 10.1. The highest BCUT2D eigenvalue weighted by Crippen LogP contribution is 2.12. The van der Waals surface area contributed by atoms with Crippen LogP contribution in [0, 0.1) is 0 Å². The highest BCUT2D eigenvalue weighted by atomic mass is 79.9. The van der Waals surface area contributed by atoms with Crippen molar-refractivity contribution >= 4 is 33.6 Å². The van der Waals surface area contributed by atoms with Crippen LogP contribution in [0.4, 0.5) is 0 Å². The van der Waals surface area contributed by atoms with E-state index in [1.807, 2.05) is 31.2 Å². The average molecular weight is 370 g/mol. The Balaban J connectivity index is 2.38. The summed E-state index contributed by atoms with van der Waals surface area (Å²) in [4.78, 5) is 34.5. The van der Waals surface area contributed by atoms with Crippen molar-refractivity contribution in [1.82, 2.24) is 5.32 Å². The molecular formula is C16H20BrNO4. The minimum atomic E-state index is -1.05. The lowest BCUT2D eigenvalue weighted by molar-refractivity contribution is -0.142. The molecule has 120 valence electrons. The van der Waals surface area contributed by atoms with E-state index in [4.69, 9.17) is 5.11 Å². The van der Waals surface area contributed by atoms with Crippen LogP contribution in [-0.4, -0.2) is 28.8 Å². The van der Waals surface area contributed by atoms with E-state index in [-0.39, 0.29) is 25.0 Å². The van der Waals surface area contributed by atoms with Gasteiger partial charge in [0.1, 0.15) is 11.8 Å². The Morgan fingerprint density at radius 3 is 2.36 bits per heavy atom. The molecule has 6 heteroatoms. The van der Waals surface area contributed by atoms with Crippen LogP contribution in [0.15, 0.2) is 28.7 Å². The number of hydrogen-bond donors (Lipinski definition) is 2. The zero-order valence-electron chi connectivity index (χ0n) is 12.5. The van der Waals surface area contributed by atoms with E-state index in [1.54, 1.807) is 0 Å². The summed E-state index contributed by atoms with van der Waals surface area (Å²) < 4.78 is 0.943. The number of carbonyl (C=O) groups is 3. The first-order valence-corrected chi connectivity index (χ1v) is 8.00. The molecule has 0 heterocycles. The van der Waals surface area contributed by atoms with Crippen molar-refractivity contribution in [1.29, 1.82) is 0 Å². The van der Waals surface area contributed by atoms with Crippen LogP contribution in [0.1, 0.15) is 38.2 Å². The zero-order chi connectivity index (χ0) is 16.5. The predicted molar refractivity (Wildman–Crippen MR) is 86.6 cm³/mol. The summed E-state index contributed by atoms with van der Waals surface area (Å²) in [6, 6.07) is 6.54. The number of carboxylic acid groups (broad SMARTS) is 1. The Hall–Kier alpha value is -1.69. The standard InChI is InChI=1S/C16H20BrNO4/c1-2-3-14(16(21)22)18-15(20)9-8-13(19)10-11-4-6-12(17)7-5-11/h4-7,14H,2-3,8-10H2,1H3,(H,18,20)(H,21,22)/t14-/m0/s1. The summed E-state index contributed by atoms with van der Waals surface area (Å²) in [6.45, 7) is 1.85. The van der Waals surface area contributed by atoms with Crippen molar-refractivity contribution in [2.24, 2.45) is 0 Å². The van der Waals surface area contributed by atoms with Crippen LogP contribution in [0.3, 0.4) is 0 Å². The van der Waals surface area contributed by atoms with Gasteiger partial charge in [-0.15, -0.1) is 0 Å². The number of ketones is 1. The van der Waals surface area contributed by atoms with Gasteiger partial charge >= 0.3 is 5.97 Å². The van der Waals surface area contributed by atoms with Gasteiger partial charge in [-0.25, -0.2) is 4.79 Å². The SMILES string of the molecule is CCC[C@H](NC(=O)CCC(=O)Cc1ccc(Br)cc1)C(=O)O. The monoisotopic (exact) mass is 369 g/mol. The minimum Gasteiger partial charge on any atom is -0.480 e. The molecule has 0 aromatic heterocycles. The molecule has 0 saturated heterocycles. The van der Waals surface area contributed by atoms with Gasteiger partial charge in [-0.2, -0.15) is 0 Å². The van der Waals surface area contributed by atoms with E-state index < -0.39 is 17.9 Å². The number of carboxylic acids is 1. The summed E-state index contributed by atoms with van der Waals surface area (Å²) in [7, 11) is 0. The molecule has 1 amide bonds. The minimum absolute atomic E-state index is 0.0167. The molecule has 0 saturated carbocycles. The van der Waals surface area contributed by atoms with Crippen molar-refractivity contribution in [2.75, 3.05) is 0 Å². The molecule has 1 atom stereocenters. The topological polar surface area (TPSA) is 83.5 Å². The molecule has 2 N–H and O–H groups in total. The van der Waals surface area contributed by atoms with Gasteiger partial charge in [0, 0.05) is 23.7 Å². The largest absolute Gasteiger partial charge is 0.480 e. The Labute approximate surface area is 138 Å². The van der Waals surface area contributed by atoms with E-state index in [2.05, 4.69) is 21.2 Å². The normalized spacial score (nSPS) is 11.7. The van der Waals surface area contributed by atoms with E-state index in [0.717, 1.165) is 10.0 Å². The molecule has 0 radical (unpaired) electrons. The van der Waals surface area contributed by atoms with Crippen LogP contribution in [0.2, 0.25) is 0 Å². The third-order valence-corrected chi connectivity index (χ3v) is 3.68. The molecular weight excluding hydrogens is 350 g/mol. The first-order chi connectivity index (χ1) is 10.4. The third-order valence-electron chi connectivity index (χ3n) is 3.16. The maximum absolute atomic E-state index is 11.8. The van der Waals surface area contributed by atoms with Gasteiger partial charge in [-0.1, -0.05) is 41.4 Å². The first kappa shape index (κ1) is 18.4. The van der Waals surface area contributed by atoms with Crippen molar-refractivity contribution in [3.05, 3.63) is 34.3 Å². The number of carbonyl (C=O) groups excluding carboxylic acids is 2. The van der Waals surface area contributed by atoms with Gasteiger partial charge in [-0.05, 0) is 24.1 Å². The van der Waals surface area contributed by atoms with Gasteiger partial charge in [-0.3, -0.25) is 9.59 Å². The third kappa shape index (κ3) is 6.85. The van der Waals surface area contributed by atoms with Crippen molar-refractivity contribution in [2.45, 2.75) is 45.1 Å². The molecule has 0 aliphatic rings. The van der Waals surface area contributed by atoms with Crippen LogP contribution < -0.4 is 5.32 Å². The second-order valence-electron chi connectivity index (χ2n) is 5.09. The molecule has 22 heavy (non-hydrogen) atoms. The summed E-state index contributed by atoms with van der Waals surface area (Å²) in [5.74, 6) is -1.48. The highest BCUT2D eigenvalue weighted by molar-refractivity contribution is 9.10. The number of benzene rings is 1. The van der Waals surface area contributed by atoms with Crippen LogP contribution in [-0.2, 0) is 20.8 Å². The van der Waals surface area contributed by atoms with Crippen molar-refractivity contribution < 1.29 is 19.5 Å². The number of amides is 1. The number of aliphatic carboxylic acids is 1. The molecule has 0 spiro atoms. The summed E-state index contributed by atoms with van der Waals surface area (Å²) in [5, 5.41) is 11.4. The fourth-order valence-corrected chi connectivity index (χ4v) is 2.25. The zero-order valence-corrected chi connectivity index (χ0v) is 14.1. The Kier molecular flexibility index (Phi) is 7.80. The summed E-state index contributed by atoms with van der Waals surface area (Å²) in [6.07, 6.45) is 1.45. The summed E-state index contributed by atoms with van der Waals surface area (Å²) in [5.41, 5.74) is 0.892.